The Bertz CT molecular complexity index is 575. The van der Waals surface area contributed by atoms with Gasteiger partial charge in [0.15, 0.2) is 0 Å². The van der Waals surface area contributed by atoms with Crippen LogP contribution < -0.4 is 0 Å². The minimum atomic E-state index is -0.784. The van der Waals surface area contributed by atoms with Gasteiger partial charge in [-0.05, 0) is 43.4 Å². The van der Waals surface area contributed by atoms with Gasteiger partial charge < -0.3 is 10.0 Å². The van der Waals surface area contributed by atoms with Crippen molar-refractivity contribution in [2.24, 2.45) is 5.92 Å². The lowest BCUT2D eigenvalue weighted by molar-refractivity contribution is -0.146. The van der Waals surface area contributed by atoms with E-state index in [-0.39, 0.29) is 17.6 Å². The molecule has 2 fully saturated rings. The van der Waals surface area contributed by atoms with Crippen LogP contribution in [-0.2, 0) is 15.0 Å². The van der Waals surface area contributed by atoms with Gasteiger partial charge in [-0.1, -0.05) is 12.1 Å². The predicted molar refractivity (Wildman–Crippen MR) is 74.3 cm³/mol. The van der Waals surface area contributed by atoms with Crippen LogP contribution >= 0.6 is 0 Å². The smallest absolute Gasteiger partial charge is 0.306 e. The molecule has 2 aliphatic rings. The minimum absolute atomic E-state index is 0.0249. The molecule has 112 valence electrons. The summed E-state index contributed by atoms with van der Waals surface area (Å²) in [4.78, 5) is 25.4. The number of halogens is 1. The first-order valence-electron chi connectivity index (χ1n) is 7.31. The molecule has 1 amide bonds. The fourth-order valence-corrected chi connectivity index (χ4v) is 3.17. The summed E-state index contributed by atoms with van der Waals surface area (Å²) in [6, 6.07) is 6.25. The largest absolute Gasteiger partial charge is 0.481 e. The number of piperidine rings is 1. The highest BCUT2D eigenvalue weighted by atomic mass is 19.1. The first kappa shape index (κ1) is 14.0. The van der Waals surface area contributed by atoms with Crippen molar-refractivity contribution in [1.29, 1.82) is 0 Å². The van der Waals surface area contributed by atoms with E-state index in [1.54, 1.807) is 17.0 Å². The van der Waals surface area contributed by atoms with E-state index in [4.69, 9.17) is 5.11 Å². The van der Waals surface area contributed by atoms with Gasteiger partial charge in [0.25, 0.3) is 0 Å². The number of rotatable bonds is 3. The number of carboxylic acids is 1. The topological polar surface area (TPSA) is 57.6 Å². The van der Waals surface area contributed by atoms with E-state index in [2.05, 4.69) is 0 Å². The molecule has 0 unspecified atom stereocenters. The van der Waals surface area contributed by atoms with E-state index in [0.29, 0.717) is 25.9 Å². The molecule has 4 nitrogen and oxygen atoms in total. The number of benzene rings is 1. The summed E-state index contributed by atoms with van der Waals surface area (Å²) in [6.07, 6.45) is 2.49. The Morgan fingerprint density at radius 1 is 1.24 bits per heavy atom. The highest BCUT2D eigenvalue weighted by Crippen LogP contribution is 2.50. The number of carboxylic acid groups (broad SMARTS) is 1. The SMILES string of the molecule is O=C(O)C1CCN(C(=O)C2(c3cccc(F)c3)CC2)CC1. The van der Waals surface area contributed by atoms with Crippen molar-refractivity contribution in [3.8, 4) is 0 Å². The van der Waals surface area contributed by atoms with Crippen molar-refractivity contribution in [2.45, 2.75) is 31.1 Å². The number of hydrogen-bond acceptors (Lipinski definition) is 2. The Morgan fingerprint density at radius 3 is 2.43 bits per heavy atom. The maximum Gasteiger partial charge on any atom is 0.306 e. The summed E-state index contributed by atoms with van der Waals surface area (Å²) in [7, 11) is 0. The molecule has 0 spiro atoms. The lowest BCUT2D eigenvalue weighted by Gasteiger charge is -2.33. The second kappa shape index (κ2) is 5.13. The van der Waals surface area contributed by atoms with Gasteiger partial charge in [-0.3, -0.25) is 9.59 Å². The van der Waals surface area contributed by atoms with Crippen LogP contribution in [0.1, 0.15) is 31.2 Å². The normalized spacial score (nSPS) is 21.1. The third-order valence-electron chi connectivity index (χ3n) is 4.67. The molecule has 0 atom stereocenters. The Hall–Kier alpha value is -1.91. The molecule has 0 radical (unpaired) electrons. The summed E-state index contributed by atoms with van der Waals surface area (Å²) in [6.45, 7) is 0.958. The van der Waals surface area contributed by atoms with Crippen molar-refractivity contribution in [3.05, 3.63) is 35.6 Å². The summed E-state index contributed by atoms with van der Waals surface area (Å²) < 4.78 is 13.4. The van der Waals surface area contributed by atoms with Crippen molar-refractivity contribution < 1.29 is 19.1 Å². The third kappa shape index (κ3) is 2.52. The molecule has 3 rings (SSSR count). The third-order valence-corrected chi connectivity index (χ3v) is 4.67. The van der Waals surface area contributed by atoms with Crippen LogP contribution in [0.15, 0.2) is 24.3 Å². The summed E-state index contributed by atoms with van der Waals surface area (Å²) >= 11 is 0. The zero-order chi connectivity index (χ0) is 15.0. The van der Waals surface area contributed by atoms with Crippen LogP contribution in [0.2, 0.25) is 0 Å². The molecule has 5 heteroatoms. The average molecular weight is 291 g/mol. The number of hydrogen-bond donors (Lipinski definition) is 1. The second-order valence-corrected chi connectivity index (χ2v) is 6.00. The molecule has 1 aromatic carbocycles. The molecule has 0 aromatic heterocycles. The zero-order valence-electron chi connectivity index (χ0n) is 11.7. The highest BCUT2D eigenvalue weighted by molar-refractivity contribution is 5.91. The van der Waals surface area contributed by atoms with Crippen LogP contribution in [0.4, 0.5) is 4.39 Å². The maximum atomic E-state index is 13.4. The van der Waals surface area contributed by atoms with Crippen LogP contribution in [0.3, 0.4) is 0 Å². The number of likely N-dealkylation sites (tertiary alicyclic amines) is 1. The first-order chi connectivity index (χ1) is 10.0. The van der Waals surface area contributed by atoms with Crippen molar-refractivity contribution in [3.63, 3.8) is 0 Å². The highest BCUT2D eigenvalue weighted by Gasteiger charge is 2.53. The van der Waals surface area contributed by atoms with Gasteiger partial charge in [0.05, 0.1) is 11.3 Å². The van der Waals surface area contributed by atoms with Gasteiger partial charge >= 0.3 is 5.97 Å². The van der Waals surface area contributed by atoms with E-state index in [0.717, 1.165) is 18.4 Å². The molecule has 1 N–H and O–H groups in total. The van der Waals surface area contributed by atoms with Crippen LogP contribution in [0, 0.1) is 11.7 Å². The Morgan fingerprint density at radius 2 is 1.90 bits per heavy atom. The zero-order valence-corrected chi connectivity index (χ0v) is 11.7. The molecule has 21 heavy (non-hydrogen) atoms. The van der Waals surface area contributed by atoms with Crippen LogP contribution in [0.25, 0.3) is 0 Å². The van der Waals surface area contributed by atoms with Gasteiger partial charge in [0, 0.05) is 13.1 Å². The summed E-state index contributed by atoms with van der Waals surface area (Å²) in [5.74, 6) is -1.43. The monoisotopic (exact) mass is 291 g/mol. The number of amides is 1. The first-order valence-corrected chi connectivity index (χ1v) is 7.31. The Labute approximate surface area is 122 Å². The lowest BCUT2D eigenvalue weighted by Crippen LogP contribution is -2.45. The maximum absolute atomic E-state index is 13.4. The van der Waals surface area contributed by atoms with Gasteiger partial charge in [-0.2, -0.15) is 0 Å². The van der Waals surface area contributed by atoms with Gasteiger partial charge in [0.1, 0.15) is 5.82 Å². The molecular formula is C16H18FNO3. The van der Waals surface area contributed by atoms with Crippen molar-refractivity contribution in [1.82, 2.24) is 4.90 Å². The number of aliphatic carboxylic acids is 1. The van der Waals surface area contributed by atoms with E-state index < -0.39 is 11.4 Å². The fraction of sp³-hybridized carbons (Fsp3) is 0.500. The van der Waals surface area contributed by atoms with Crippen LogP contribution in [0.5, 0.6) is 0 Å². The fourth-order valence-electron chi connectivity index (χ4n) is 3.17. The number of nitrogens with zero attached hydrogens (tertiary/aromatic N) is 1. The molecule has 1 heterocycles. The molecule has 1 aliphatic carbocycles. The molecule has 1 aliphatic heterocycles. The van der Waals surface area contributed by atoms with Gasteiger partial charge in [-0.25, -0.2) is 4.39 Å². The predicted octanol–water partition coefficient (Wildman–Crippen LogP) is 2.18. The number of carbonyl (C=O) groups is 2. The molecule has 1 saturated heterocycles. The molecule has 1 aromatic rings. The number of carbonyl (C=O) groups excluding carboxylic acids is 1. The molecular weight excluding hydrogens is 273 g/mol. The van der Waals surface area contributed by atoms with Crippen molar-refractivity contribution >= 4 is 11.9 Å². The quantitative estimate of drug-likeness (QED) is 0.928. The van der Waals surface area contributed by atoms with Gasteiger partial charge in [-0.15, -0.1) is 0 Å². The van der Waals surface area contributed by atoms with E-state index in [1.807, 2.05) is 0 Å². The standard InChI is InChI=1S/C16H18FNO3/c17-13-3-1-2-12(10-13)16(6-7-16)15(21)18-8-4-11(5-9-18)14(19)20/h1-3,10-11H,4-9H2,(H,19,20). The second-order valence-electron chi connectivity index (χ2n) is 6.00. The van der Waals surface area contributed by atoms with Crippen molar-refractivity contribution in [2.75, 3.05) is 13.1 Å². The Balaban J connectivity index is 1.73. The summed E-state index contributed by atoms with van der Waals surface area (Å²) in [5.41, 5.74) is 0.172. The van der Waals surface area contributed by atoms with E-state index >= 15 is 0 Å². The van der Waals surface area contributed by atoms with E-state index in [9.17, 15) is 14.0 Å². The Kier molecular flexibility index (Phi) is 3.43. The summed E-state index contributed by atoms with van der Waals surface area (Å²) in [5, 5.41) is 9.00. The minimum Gasteiger partial charge on any atom is -0.481 e. The lowest BCUT2D eigenvalue weighted by atomic mass is 9.91. The van der Waals surface area contributed by atoms with E-state index in [1.165, 1.54) is 12.1 Å². The molecule has 1 saturated carbocycles. The molecule has 0 bridgehead atoms. The average Bonchev–Trinajstić information content (AvgIpc) is 3.28. The van der Waals surface area contributed by atoms with Crippen LogP contribution in [-0.4, -0.2) is 35.0 Å². The van der Waals surface area contributed by atoms with Gasteiger partial charge in [0.2, 0.25) is 5.91 Å².